The van der Waals surface area contributed by atoms with E-state index in [2.05, 4.69) is 15.3 Å². The predicted octanol–water partition coefficient (Wildman–Crippen LogP) is -0.194. The van der Waals surface area contributed by atoms with Crippen LogP contribution in [0.15, 0.2) is 18.5 Å². The molecule has 0 spiro atoms. The van der Waals surface area contributed by atoms with Gasteiger partial charge in [-0.25, -0.2) is 9.97 Å². The van der Waals surface area contributed by atoms with Crippen LogP contribution >= 0.6 is 0 Å². The molecule has 0 aromatic carbocycles. The lowest BCUT2D eigenvalue weighted by Crippen LogP contribution is -2.72. The van der Waals surface area contributed by atoms with Gasteiger partial charge in [0.2, 0.25) is 5.82 Å². The van der Waals surface area contributed by atoms with Crippen molar-refractivity contribution in [3.05, 3.63) is 24.3 Å². The third-order valence-electron chi connectivity index (χ3n) is 3.93. The third-order valence-corrected chi connectivity index (χ3v) is 3.93. The molecule has 0 bridgehead atoms. The van der Waals surface area contributed by atoms with Crippen LogP contribution in [0.1, 0.15) is 29.9 Å². The van der Waals surface area contributed by atoms with Crippen LogP contribution in [0.25, 0.3) is 0 Å². The molecule has 1 atom stereocenters. The molecule has 1 aromatic heterocycles. The van der Waals surface area contributed by atoms with E-state index in [1.54, 1.807) is 23.4 Å². The van der Waals surface area contributed by atoms with Crippen LogP contribution < -0.4 is 5.32 Å². The number of piperidine rings is 1. The van der Waals surface area contributed by atoms with Crippen LogP contribution in [0, 0.1) is 0 Å². The number of amides is 1. The standard InChI is InChI=1S/C13H18N4O2/c18-12(11-15-6-3-7-16-11)17-8-13(19,9-17)10-4-1-2-5-14-10/h3,6-7,10,14,19H,1-2,4-5,8-9H2/t10-/m0/s1. The fourth-order valence-corrected chi connectivity index (χ4v) is 2.84. The first-order valence-corrected chi connectivity index (χ1v) is 6.71. The second kappa shape index (κ2) is 4.86. The third kappa shape index (κ3) is 2.33. The SMILES string of the molecule is O=C(c1ncccn1)N1CC(O)([C@@H]2CCCCN2)C1. The van der Waals surface area contributed by atoms with E-state index in [4.69, 9.17) is 0 Å². The van der Waals surface area contributed by atoms with Crippen molar-refractivity contribution in [2.45, 2.75) is 30.9 Å². The van der Waals surface area contributed by atoms with Crippen LogP contribution in [0.5, 0.6) is 0 Å². The molecule has 0 aliphatic carbocycles. The van der Waals surface area contributed by atoms with Crippen molar-refractivity contribution in [3.8, 4) is 0 Å². The van der Waals surface area contributed by atoms with Crippen LogP contribution in [0.2, 0.25) is 0 Å². The quantitative estimate of drug-likeness (QED) is 0.772. The minimum absolute atomic E-state index is 0.0991. The van der Waals surface area contributed by atoms with E-state index < -0.39 is 5.60 Å². The smallest absolute Gasteiger partial charge is 0.291 e. The number of aromatic nitrogens is 2. The van der Waals surface area contributed by atoms with Crippen molar-refractivity contribution in [1.82, 2.24) is 20.2 Å². The maximum absolute atomic E-state index is 12.1. The van der Waals surface area contributed by atoms with Gasteiger partial charge < -0.3 is 15.3 Å². The molecule has 2 saturated heterocycles. The van der Waals surface area contributed by atoms with Crippen molar-refractivity contribution in [2.75, 3.05) is 19.6 Å². The van der Waals surface area contributed by atoms with Crippen molar-refractivity contribution < 1.29 is 9.90 Å². The summed E-state index contributed by atoms with van der Waals surface area (Å²) >= 11 is 0. The highest BCUT2D eigenvalue weighted by Crippen LogP contribution is 2.29. The molecular weight excluding hydrogens is 244 g/mol. The second-order valence-corrected chi connectivity index (χ2v) is 5.34. The molecule has 3 rings (SSSR count). The van der Waals surface area contributed by atoms with Gasteiger partial charge in [-0.05, 0) is 25.5 Å². The molecule has 0 radical (unpaired) electrons. The average molecular weight is 262 g/mol. The molecule has 2 aliphatic heterocycles. The van der Waals surface area contributed by atoms with Gasteiger partial charge in [0.25, 0.3) is 5.91 Å². The highest BCUT2D eigenvalue weighted by atomic mass is 16.3. The number of hydrogen-bond donors (Lipinski definition) is 2. The Morgan fingerprint density at radius 3 is 2.74 bits per heavy atom. The van der Waals surface area contributed by atoms with Gasteiger partial charge in [0.05, 0.1) is 13.1 Å². The zero-order chi connectivity index (χ0) is 13.3. The fourth-order valence-electron chi connectivity index (χ4n) is 2.84. The van der Waals surface area contributed by atoms with Crippen molar-refractivity contribution in [3.63, 3.8) is 0 Å². The molecule has 2 aliphatic rings. The van der Waals surface area contributed by atoms with Gasteiger partial charge in [0.1, 0.15) is 5.60 Å². The Labute approximate surface area is 111 Å². The van der Waals surface area contributed by atoms with E-state index in [1.807, 2.05) is 0 Å². The van der Waals surface area contributed by atoms with Gasteiger partial charge in [-0.1, -0.05) is 6.42 Å². The van der Waals surface area contributed by atoms with E-state index >= 15 is 0 Å². The van der Waals surface area contributed by atoms with Gasteiger partial charge in [0, 0.05) is 18.4 Å². The molecular formula is C13H18N4O2. The predicted molar refractivity (Wildman–Crippen MR) is 68.5 cm³/mol. The van der Waals surface area contributed by atoms with Crippen LogP contribution in [0.4, 0.5) is 0 Å². The Bertz CT molecular complexity index is 453. The summed E-state index contributed by atoms with van der Waals surface area (Å²) < 4.78 is 0. The van der Waals surface area contributed by atoms with Crippen molar-refractivity contribution in [1.29, 1.82) is 0 Å². The summed E-state index contributed by atoms with van der Waals surface area (Å²) in [6.45, 7) is 1.67. The minimum Gasteiger partial charge on any atom is -0.385 e. The van der Waals surface area contributed by atoms with Gasteiger partial charge in [-0.3, -0.25) is 4.79 Å². The molecule has 102 valence electrons. The highest BCUT2D eigenvalue weighted by molar-refractivity contribution is 5.91. The summed E-state index contributed by atoms with van der Waals surface area (Å²) in [5.74, 6) is -0.0118. The number of hydrogen-bond acceptors (Lipinski definition) is 5. The van der Waals surface area contributed by atoms with Gasteiger partial charge in [-0.2, -0.15) is 0 Å². The number of carbonyl (C=O) groups excluding carboxylic acids is 1. The number of β-amino-alcohol motifs (C(OH)–C–C–N with tert-alkyl or cyclic N) is 1. The van der Waals surface area contributed by atoms with E-state index in [0.717, 1.165) is 25.8 Å². The summed E-state index contributed by atoms with van der Waals surface area (Å²) in [5.41, 5.74) is -0.787. The van der Waals surface area contributed by atoms with Crippen LogP contribution in [-0.2, 0) is 0 Å². The minimum atomic E-state index is -0.787. The number of nitrogens with one attached hydrogen (secondary N) is 1. The first-order chi connectivity index (χ1) is 9.19. The molecule has 0 unspecified atom stereocenters. The average Bonchev–Trinajstić information content (AvgIpc) is 2.45. The van der Waals surface area contributed by atoms with Crippen molar-refractivity contribution >= 4 is 5.91 Å². The molecule has 6 nitrogen and oxygen atoms in total. The second-order valence-electron chi connectivity index (χ2n) is 5.34. The Morgan fingerprint density at radius 1 is 1.37 bits per heavy atom. The zero-order valence-electron chi connectivity index (χ0n) is 10.7. The first-order valence-electron chi connectivity index (χ1n) is 6.71. The van der Waals surface area contributed by atoms with Gasteiger partial charge >= 0.3 is 0 Å². The Morgan fingerprint density at radius 2 is 2.11 bits per heavy atom. The lowest BCUT2D eigenvalue weighted by atomic mass is 9.81. The number of rotatable bonds is 2. The summed E-state index contributed by atoms with van der Waals surface area (Å²) in [5, 5.41) is 13.8. The maximum atomic E-state index is 12.1. The normalized spacial score (nSPS) is 25.7. The summed E-state index contributed by atoms with van der Waals surface area (Å²) in [7, 11) is 0. The zero-order valence-corrected chi connectivity index (χ0v) is 10.7. The lowest BCUT2D eigenvalue weighted by Gasteiger charge is -2.51. The van der Waals surface area contributed by atoms with Crippen LogP contribution in [0.3, 0.4) is 0 Å². The molecule has 1 amide bonds. The summed E-state index contributed by atoms with van der Waals surface area (Å²) in [6, 6.07) is 1.77. The molecule has 0 saturated carbocycles. The summed E-state index contributed by atoms with van der Waals surface area (Å²) in [6.07, 6.45) is 6.37. The first kappa shape index (κ1) is 12.5. The van der Waals surface area contributed by atoms with E-state index in [0.29, 0.717) is 13.1 Å². The highest BCUT2D eigenvalue weighted by Gasteiger charge is 2.49. The van der Waals surface area contributed by atoms with Crippen molar-refractivity contribution in [2.24, 2.45) is 0 Å². The van der Waals surface area contributed by atoms with Gasteiger partial charge in [0.15, 0.2) is 0 Å². The summed E-state index contributed by atoms with van der Waals surface area (Å²) in [4.78, 5) is 21.6. The Hall–Kier alpha value is -1.53. The lowest BCUT2D eigenvalue weighted by molar-refractivity contribution is -0.109. The maximum Gasteiger partial charge on any atom is 0.291 e. The Kier molecular flexibility index (Phi) is 3.20. The van der Waals surface area contributed by atoms with Crippen LogP contribution in [-0.4, -0.2) is 57.2 Å². The number of nitrogens with zero attached hydrogens (tertiary/aromatic N) is 3. The van der Waals surface area contributed by atoms with E-state index in [1.165, 1.54) is 0 Å². The fraction of sp³-hybridized carbons (Fsp3) is 0.615. The molecule has 2 N–H and O–H groups in total. The molecule has 6 heteroatoms. The number of aliphatic hydroxyl groups is 1. The molecule has 19 heavy (non-hydrogen) atoms. The number of carbonyl (C=O) groups is 1. The Balaban J connectivity index is 1.61. The van der Waals surface area contributed by atoms with Gasteiger partial charge in [-0.15, -0.1) is 0 Å². The number of likely N-dealkylation sites (tertiary alicyclic amines) is 1. The molecule has 3 heterocycles. The largest absolute Gasteiger partial charge is 0.385 e. The topological polar surface area (TPSA) is 78.4 Å². The van der Waals surface area contributed by atoms with E-state index in [9.17, 15) is 9.90 Å². The monoisotopic (exact) mass is 262 g/mol. The van der Waals surface area contributed by atoms with E-state index in [-0.39, 0.29) is 17.8 Å². The molecule has 1 aromatic rings. The molecule has 2 fully saturated rings.